The third kappa shape index (κ3) is 3.26. The van der Waals surface area contributed by atoms with E-state index in [0.29, 0.717) is 13.0 Å². The Morgan fingerprint density at radius 1 is 1.58 bits per heavy atom. The summed E-state index contributed by atoms with van der Waals surface area (Å²) in [5.41, 5.74) is 5.57. The van der Waals surface area contributed by atoms with Crippen LogP contribution in [-0.4, -0.2) is 35.7 Å². The minimum absolute atomic E-state index is 0.00122. The van der Waals surface area contributed by atoms with E-state index in [1.165, 1.54) is 10.9 Å². The first-order valence-corrected chi connectivity index (χ1v) is 7.83. The fourth-order valence-electron chi connectivity index (χ4n) is 2.51. The van der Waals surface area contributed by atoms with Crippen LogP contribution < -0.4 is 10.5 Å². The van der Waals surface area contributed by atoms with Crippen molar-refractivity contribution in [3.05, 3.63) is 6.33 Å². The van der Waals surface area contributed by atoms with E-state index in [0.717, 1.165) is 19.3 Å². The third-order valence-electron chi connectivity index (χ3n) is 3.48. The summed E-state index contributed by atoms with van der Waals surface area (Å²) >= 11 is 0. The number of nitrogens with one attached hydrogen (secondary N) is 1. The highest BCUT2D eigenvalue weighted by molar-refractivity contribution is 7.89. The van der Waals surface area contributed by atoms with Gasteiger partial charge in [-0.1, -0.05) is 6.42 Å². The van der Waals surface area contributed by atoms with Gasteiger partial charge in [-0.05, 0) is 25.2 Å². The molecule has 1 aromatic heterocycles. The molecule has 108 valence electrons. The average molecular weight is 288 g/mol. The molecule has 2 unspecified atom stereocenters. The molecule has 0 aliphatic heterocycles. The van der Waals surface area contributed by atoms with E-state index in [1.807, 2.05) is 0 Å². The number of imidazole rings is 1. The van der Waals surface area contributed by atoms with Crippen molar-refractivity contribution < 1.29 is 13.5 Å². The standard InChI is InChI=1S/C11H20N4O3S/c1-15-7-13-10(12)11(15)19(17,18)14-6-8-3-2-4-9(16)5-8/h7-9,14,16H,2-6,12H2,1H3. The van der Waals surface area contributed by atoms with Crippen LogP contribution in [0.25, 0.3) is 0 Å². The van der Waals surface area contributed by atoms with E-state index in [1.54, 1.807) is 7.05 Å². The first kappa shape index (κ1) is 14.3. The Hall–Kier alpha value is -1.12. The van der Waals surface area contributed by atoms with Crippen LogP contribution in [0.15, 0.2) is 11.4 Å². The van der Waals surface area contributed by atoms with Gasteiger partial charge in [0.05, 0.1) is 12.4 Å². The highest BCUT2D eigenvalue weighted by Crippen LogP contribution is 2.24. The molecule has 1 aromatic rings. The Labute approximate surface area is 112 Å². The summed E-state index contributed by atoms with van der Waals surface area (Å²) < 4.78 is 28.2. The molecule has 0 bridgehead atoms. The fourth-order valence-corrected chi connectivity index (χ4v) is 3.85. The van der Waals surface area contributed by atoms with Crippen molar-refractivity contribution in [2.75, 3.05) is 12.3 Å². The maximum Gasteiger partial charge on any atom is 0.260 e. The van der Waals surface area contributed by atoms with Crippen LogP contribution in [0.3, 0.4) is 0 Å². The van der Waals surface area contributed by atoms with E-state index in [-0.39, 0.29) is 22.9 Å². The summed E-state index contributed by atoms with van der Waals surface area (Å²) in [5.74, 6) is 0.173. The second-order valence-corrected chi connectivity index (χ2v) is 6.77. The predicted octanol–water partition coefficient (Wildman–Crippen LogP) is -0.168. The van der Waals surface area contributed by atoms with Crippen molar-refractivity contribution in [2.24, 2.45) is 13.0 Å². The van der Waals surface area contributed by atoms with Gasteiger partial charge in [0.25, 0.3) is 10.0 Å². The lowest BCUT2D eigenvalue weighted by Gasteiger charge is -2.25. The summed E-state index contributed by atoms with van der Waals surface area (Å²) in [7, 11) is -2.07. The summed E-state index contributed by atoms with van der Waals surface area (Å²) in [6, 6.07) is 0. The molecule has 1 saturated carbocycles. The highest BCUT2D eigenvalue weighted by atomic mass is 32.2. The molecule has 0 saturated heterocycles. The number of aromatic nitrogens is 2. The maximum atomic E-state index is 12.1. The number of anilines is 1. The van der Waals surface area contributed by atoms with E-state index in [9.17, 15) is 13.5 Å². The van der Waals surface area contributed by atoms with Gasteiger partial charge in [0.2, 0.25) is 0 Å². The Kier molecular flexibility index (Phi) is 4.12. The highest BCUT2D eigenvalue weighted by Gasteiger charge is 2.25. The fraction of sp³-hybridized carbons (Fsp3) is 0.727. The van der Waals surface area contributed by atoms with E-state index < -0.39 is 10.0 Å². The third-order valence-corrected chi connectivity index (χ3v) is 5.03. The summed E-state index contributed by atoms with van der Waals surface area (Å²) in [6.07, 6.45) is 4.36. The number of hydrogen-bond donors (Lipinski definition) is 3. The van der Waals surface area contributed by atoms with Gasteiger partial charge < -0.3 is 15.4 Å². The number of nitrogens with two attached hydrogens (primary N) is 1. The molecule has 0 amide bonds. The smallest absolute Gasteiger partial charge is 0.260 e. The predicted molar refractivity (Wildman–Crippen MR) is 70.8 cm³/mol. The number of aliphatic hydroxyl groups excluding tert-OH is 1. The number of aliphatic hydroxyl groups is 1. The molecule has 2 atom stereocenters. The van der Waals surface area contributed by atoms with Gasteiger partial charge in [-0.15, -0.1) is 0 Å². The van der Waals surface area contributed by atoms with Crippen LogP contribution in [0.4, 0.5) is 5.82 Å². The van der Waals surface area contributed by atoms with Gasteiger partial charge in [-0.25, -0.2) is 18.1 Å². The Morgan fingerprint density at radius 2 is 2.32 bits per heavy atom. The van der Waals surface area contributed by atoms with E-state index >= 15 is 0 Å². The molecule has 0 radical (unpaired) electrons. The molecule has 8 heteroatoms. The normalized spacial score (nSPS) is 24.5. The Balaban J connectivity index is 2.02. The SMILES string of the molecule is Cn1cnc(N)c1S(=O)(=O)NCC1CCCC(O)C1. The first-order chi connectivity index (χ1) is 8.90. The number of sulfonamides is 1. The lowest BCUT2D eigenvalue weighted by Crippen LogP contribution is -2.34. The zero-order chi connectivity index (χ0) is 14.0. The van der Waals surface area contributed by atoms with Gasteiger partial charge in [0.15, 0.2) is 10.8 Å². The minimum Gasteiger partial charge on any atom is -0.393 e. The molecule has 4 N–H and O–H groups in total. The van der Waals surface area contributed by atoms with Gasteiger partial charge in [0.1, 0.15) is 0 Å². The lowest BCUT2D eigenvalue weighted by atomic mass is 9.87. The summed E-state index contributed by atoms with van der Waals surface area (Å²) in [4.78, 5) is 3.77. The van der Waals surface area contributed by atoms with Crippen LogP contribution in [0.2, 0.25) is 0 Å². The van der Waals surface area contributed by atoms with Crippen LogP contribution >= 0.6 is 0 Å². The number of nitrogens with zero attached hydrogens (tertiary/aromatic N) is 2. The average Bonchev–Trinajstić information content (AvgIpc) is 2.67. The summed E-state index contributed by atoms with van der Waals surface area (Å²) in [6.45, 7) is 0.323. The molecule has 1 heterocycles. The Bertz CT molecular complexity index is 521. The van der Waals surface area contributed by atoms with Crippen LogP contribution in [0.1, 0.15) is 25.7 Å². The van der Waals surface area contributed by atoms with Crippen molar-refractivity contribution >= 4 is 15.8 Å². The number of rotatable bonds is 4. The topological polar surface area (TPSA) is 110 Å². The van der Waals surface area contributed by atoms with Gasteiger partial charge in [0, 0.05) is 13.6 Å². The van der Waals surface area contributed by atoms with Crippen molar-refractivity contribution in [3.63, 3.8) is 0 Å². The number of hydrogen-bond acceptors (Lipinski definition) is 5. The molecule has 0 spiro atoms. The molecule has 19 heavy (non-hydrogen) atoms. The van der Waals surface area contributed by atoms with E-state index in [2.05, 4.69) is 9.71 Å². The molecule has 7 nitrogen and oxygen atoms in total. The van der Waals surface area contributed by atoms with Crippen molar-refractivity contribution in [1.82, 2.24) is 14.3 Å². The van der Waals surface area contributed by atoms with Crippen molar-refractivity contribution in [2.45, 2.75) is 36.8 Å². The monoisotopic (exact) mass is 288 g/mol. The molecule has 0 aromatic carbocycles. The van der Waals surface area contributed by atoms with Crippen molar-refractivity contribution in [3.8, 4) is 0 Å². The largest absolute Gasteiger partial charge is 0.393 e. The van der Waals surface area contributed by atoms with Crippen LogP contribution in [-0.2, 0) is 17.1 Å². The quantitative estimate of drug-likeness (QED) is 0.712. The van der Waals surface area contributed by atoms with Gasteiger partial charge >= 0.3 is 0 Å². The first-order valence-electron chi connectivity index (χ1n) is 6.34. The maximum absolute atomic E-state index is 12.1. The van der Waals surface area contributed by atoms with Gasteiger partial charge in [-0.2, -0.15) is 0 Å². The molecule has 1 fully saturated rings. The Morgan fingerprint density at radius 3 is 2.89 bits per heavy atom. The lowest BCUT2D eigenvalue weighted by molar-refractivity contribution is 0.102. The van der Waals surface area contributed by atoms with Crippen molar-refractivity contribution in [1.29, 1.82) is 0 Å². The molecular weight excluding hydrogens is 268 g/mol. The zero-order valence-electron chi connectivity index (χ0n) is 10.9. The summed E-state index contributed by atoms with van der Waals surface area (Å²) in [5, 5.41) is 9.56. The molecule has 1 aliphatic rings. The van der Waals surface area contributed by atoms with E-state index in [4.69, 9.17) is 5.73 Å². The second kappa shape index (κ2) is 5.48. The molecule has 1 aliphatic carbocycles. The number of aryl methyl sites for hydroxylation is 1. The second-order valence-electron chi connectivity index (χ2n) is 5.08. The molecular formula is C11H20N4O3S. The number of nitrogen functional groups attached to an aromatic ring is 1. The zero-order valence-corrected chi connectivity index (χ0v) is 11.7. The van der Waals surface area contributed by atoms with Gasteiger partial charge in [-0.3, -0.25) is 0 Å². The van der Waals surface area contributed by atoms with Crippen LogP contribution in [0, 0.1) is 5.92 Å². The molecule has 2 rings (SSSR count). The minimum atomic E-state index is -3.65. The van der Waals surface area contributed by atoms with Crippen LogP contribution in [0.5, 0.6) is 0 Å².